The van der Waals surface area contributed by atoms with E-state index in [2.05, 4.69) is 15.9 Å². The second-order valence-corrected chi connectivity index (χ2v) is 4.94. The number of hydrogen-bond acceptors (Lipinski definition) is 2. The van der Waals surface area contributed by atoms with Crippen molar-refractivity contribution >= 4 is 21.8 Å². The number of amides is 1. The molecule has 3 nitrogen and oxygen atoms in total. The third-order valence-electron chi connectivity index (χ3n) is 2.73. The molecular formula is C12H14BrNO2. The van der Waals surface area contributed by atoms with E-state index in [9.17, 15) is 4.79 Å². The molecule has 1 amide bonds. The molecule has 1 atom stereocenters. The summed E-state index contributed by atoms with van der Waals surface area (Å²) >= 11 is 3.44. The summed E-state index contributed by atoms with van der Waals surface area (Å²) in [6.45, 7) is 2.79. The molecule has 0 spiro atoms. The van der Waals surface area contributed by atoms with Crippen molar-refractivity contribution in [3.8, 4) is 5.75 Å². The van der Waals surface area contributed by atoms with Crippen molar-refractivity contribution in [2.24, 2.45) is 0 Å². The number of halogens is 1. The highest BCUT2D eigenvalue weighted by Gasteiger charge is 2.31. The molecule has 1 aliphatic heterocycles. The summed E-state index contributed by atoms with van der Waals surface area (Å²) in [5, 5.41) is 0. The number of hydrogen-bond donors (Lipinski definition) is 0. The van der Waals surface area contributed by atoms with Gasteiger partial charge in [-0.1, -0.05) is 6.07 Å². The Balaban J connectivity index is 2.12. The van der Waals surface area contributed by atoms with Crippen LogP contribution in [0.15, 0.2) is 22.7 Å². The van der Waals surface area contributed by atoms with Crippen LogP contribution in [0.3, 0.4) is 0 Å². The second kappa shape index (κ2) is 4.45. The maximum Gasteiger partial charge on any atom is 0.263 e. The van der Waals surface area contributed by atoms with E-state index < -0.39 is 0 Å². The summed E-state index contributed by atoms with van der Waals surface area (Å²) in [7, 11) is 1.80. The van der Waals surface area contributed by atoms with Crippen LogP contribution in [0.25, 0.3) is 0 Å². The van der Waals surface area contributed by atoms with Gasteiger partial charge in [-0.05, 0) is 40.5 Å². The Morgan fingerprint density at radius 3 is 2.81 bits per heavy atom. The van der Waals surface area contributed by atoms with Crippen molar-refractivity contribution in [1.29, 1.82) is 0 Å². The normalized spacial score (nSPS) is 20.3. The molecule has 4 heteroatoms. The van der Waals surface area contributed by atoms with Crippen molar-refractivity contribution in [2.75, 3.05) is 13.6 Å². The Hall–Kier alpha value is -1.03. The first kappa shape index (κ1) is 11.5. The van der Waals surface area contributed by atoms with E-state index in [1.54, 1.807) is 11.9 Å². The fourth-order valence-corrected chi connectivity index (χ4v) is 2.34. The molecule has 0 aromatic heterocycles. The van der Waals surface area contributed by atoms with Gasteiger partial charge in [-0.25, -0.2) is 0 Å². The number of likely N-dealkylation sites (tertiary alicyclic amines) is 1. The molecule has 16 heavy (non-hydrogen) atoms. The molecule has 0 aliphatic carbocycles. The van der Waals surface area contributed by atoms with Crippen LogP contribution in [0.1, 0.15) is 12.0 Å². The lowest BCUT2D eigenvalue weighted by Crippen LogP contribution is -2.29. The molecule has 2 rings (SSSR count). The van der Waals surface area contributed by atoms with Crippen LogP contribution >= 0.6 is 15.9 Å². The Bertz CT molecular complexity index is 419. The zero-order chi connectivity index (χ0) is 11.7. The zero-order valence-electron chi connectivity index (χ0n) is 9.37. The van der Waals surface area contributed by atoms with Crippen molar-refractivity contribution < 1.29 is 9.53 Å². The lowest BCUT2D eigenvalue weighted by atomic mass is 10.2. The number of rotatable bonds is 2. The summed E-state index contributed by atoms with van der Waals surface area (Å²) < 4.78 is 6.60. The number of carbonyl (C=O) groups excluding carboxylic acids is 1. The quantitative estimate of drug-likeness (QED) is 0.834. The van der Waals surface area contributed by atoms with Gasteiger partial charge in [0.2, 0.25) is 0 Å². The topological polar surface area (TPSA) is 29.5 Å². The number of aryl methyl sites for hydroxylation is 1. The van der Waals surface area contributed by atoms with Crippen LogP contribution < -0.4 is 4.74 Å². The van der Waals surface area contributed by atoms with Gasteiger partial charge in [-0.15, -0.1) is 0 Å². The first-order chi connectivity index (χ1) is 7.58. The molecule has 0 saturated carbocycles. The predicted octanol–water partition coefficient (Wildman–Crippen LogP) is 2.37. The molecule has 0 N–H and O–H groups in total. The van der Waals surface area contributed by atoms with Gasteiger partial charge < -0.3 is 9.64 Å². The SMILES string of the molecule is Cc1ccc(OC2CCN(C)C2=O)c(Br)c1. The molecule has 1 aromatic carbocycles. The summed E-state index contributed by atoms with van der Waals surface area (Å²) in [4.78, 5) is 13.4. The molecule has 1 heterocycles. The van der Waals surface area contributed by atoms with Gasteiger partial charge in [0, 0.05) is 20.0 Å². The Morgan fingerprint density at radius 2 is 2.25 bits per heavy atom. The first-order valence-electron chi connectivity index (χ1n) is 5.25. The van der Waals surface area contributed by atoms with Crippen molar-refractivity contribution in [1.82, 2.24) is 4.90 Å². The van der Waals surface area contributed by atoms with Gasteiger partial charge in [0.05, 0.1) is 4.47 Å². The number of benzene rings is 1. The van der Waals surface area contributed by atoms with Gasteiger partial charge in [-0.3, -0.25) is 4.79 Å². The van der Waals surface area contributed by atoms with Gasteiger partial charge in [0.1, 0.15) is 5.75 Å². The van der Waals surface area contributed by atoms with E-state index in [0.717, 1.165) is 28.8 Å². The third-order valence-corrected chi connectivity index (χ3v) is 3.35. The maximum absolute atomic E-state index is 11.7. The fourth-order valence-electron chi connectivity index (χ4n) is 1.75. The molecule has 1 aliphatic rings. The minimum Gasteiger partial charge on any atom is -0.479 e. The number of likely N-dealkylation sites (N-methyl/N-ethyl adjacent to an activating group) is 1. The van der Waals surface area contributed by atoms with Crippen LogP contribution in [0.2, 0.25) is 0 Å². The van der Waals surface area contributed by atoms with Crippen molar-refractivity contribution in [2.45, 2.75) is 19.4 Å². The number of nitrogens with zero attached hydrogens (tertiary/aromatic N) is 1. The summed E-state index contributed by atoms with van der Waals surface area (Å²) in [5.74, 6) is 0.798. The van der Waals surface area contributed by atoms with Gasteiger partial charge >= 0.3 is 0 Å². The average molecular weight is 284 g/mol. The molecule has 1 aromatic rings. The van der Waals surface area contributed by atoms with Crippen LogP contribution in [-0.2, 0) is 4.79 Å². The molecule has 1 unspecified atom stereocenters. The minimum atomic E-state index is -0.330. The van der Waals surface area contributed by atoms with Crippen LogP contribution in [0, 0.1) is 6.92 Å². The standard InChI is InChI=1S/C12H14BrNO2/c1-8-3-4-10(9(13)7-8)16-11-5-6-14(2)12(11)15/h3-4,7,11H,5-6H2,1-2H3. The highest BCUT2D eigenvalue weighted by Crippen LogP contribution is 2.28. The third kappa shape index (κ3) is 2.21. The van der Waals surface area contributed by atoms with E-state index in [1.165, 1.54) is 0 Å². The monoisotopic (exact) mass is 283 g/mol. The van der Waals surface area contributed by atoms with Crippen LogP contribution in [-0.4, -0.2) is 30.5 Å². The zero-order valence-corrected chi connectivity index (χ0v) is 11.0. The van der Waals surface area contributed by atoms with Gasteiger partial charge in [-0.2, -0.15) is 0 Å². The van der Waals surface area contributed by atoms with E-state index in [-0.39, 0.29) is 12.0 Å². The summed E-state index contributed by atoms with van der Waals surface area (Å²) in [6, 6.07) is 5.85. The predicted molar refractivity (Wildman–Crippen MR) is 65.5 cm³/mol. The Kier molecular flexibility index (Phi) is 3.19. The Morgan fingerprint density at radius 1 is 1.50 bits per heavy atom. The van der Waals surface area contributed by atoms with E-state index in [4.69, 9.17) is 4.74 Å². The lowest BCUT2D eigenvalue weighted by Gasteiger charge is -2.14. The van der Waals surface area contributed by atoms with Gasteiger partial charge in [0.25, 0.3) is 5.91 Å². The Labute approximate surface area is 104 Å². The smallest absolute Gasteiger partial charge is 0.263 e. The molecule has 86 valence electrons. The molecule has 1 saturated heterocycles. The molecule has 0 radical (unpaired) electrons. The summed E-state index contributed by atoms with van der Waals surface area (Å²) in [6.07, 6.45) is 0.430. The van der Waals surface area contributed by atoms with E-state index in [1.807, 2.05) is 25.1 Å². The van der Waals surface area contributed by atoms with Gasteiger partial charge in [0.15, 0.2) is 6.10 Å². The fraction of sp³-hybridized carbons (Fsp3) is 0.417. The molecule has 0 bridgehead atoms. The highest BCUT2D eigenvalue weighted by atomic mass is 79.9. The molecular weight excluding hydrogens is 270 g/mol. The van der Waals surface area contributed by atoms with E-state index in [0.29, 0.717) is 0 Å². The van der Waals surface area contributed by atoms with Crippen molar-refractivity contribution in [3.05, 3.63) is 28.2 Å². The van der Waals surface area contributed by atoms with E-state index >= 15 is 0 Å². The maximum atomic E-state index is 11.7. The second-order valence-electron chi connectivity index (χ2n) is 4.09. The largest absolute Gasteiger partial charge is 0.479 e. The number of ether oxygens (including phenoxy) is 1. The number of carbonyl (C=O) groups is 1. The highest BCUT2D eigenvalue weighted by molar-refractivity contribution is 9.10. The minimum absolute atomic E-state index is 0.0625. The van der Waals surface area contributed by atoms with Crippen molar-refractivity contribution in [3.63, 3.8) is 0 Å². The van der Waals surface area contributed by atoms with Crippen LogP contribution in [0.4, 0.5) is 0 Å². The average Bonchev–Trinajstić information content (AvgIpc) is 2.54. The van der Waals surface area contributed by atoms with Crippen LogP contribution in [0.5, 0.6) is 5.75 Å². The first-order valence-corrected chi connectivity index (χ1v) is 6.05. The summed E-state index contributed by atoms with van der Waals surface area (Å²) in [5.41, 5.74) is 1.16. The molecule has 1 fully saturated rings. The lowest BCUT2D eigenvalue weighted by molar-refractivity contribution is -0.132.